The van der Waals surface area contributed by atoms with Crippen molar-refractivity contribution in [1.29, 1.82) is 0 Å². The molecule has 1 heterocycles. The van der Waals surface area contributed by atoms with Crippen molar-refractivity contribution in [2.45, 2.75) is 19.1 Å². The van der Waals surface area contributed by atoms with Gasteiger partial charge in [-0.3, -0.25) is 0 Å². The molecular weight excluding hydrogens is 348 g/mol. The standard InChI is InChI=1S/C20H20N2O5/c1-26-17-9-5-8-15-14(11-21-18(15)17)10-16(19(23)24)22-20(25)27-12-13-6-3-2-4-7-13/h2-9,11,16,21H,10,12H2,1H3,(H,22,25)(H,23,24)/t16-/m1/s1. The summed E-state index contributed by atoms with van der Waals surface area (Å²) in [6.45, 7) is 0.0727. The van der Waals surface area contributed by atoms with Gasteiger partial charge in [0.1, 0.15) is 18.4 Å². The third-order valence-corrected chi connectivity index (χ3v) is 4.21. The summed E-state index contributed by atoms with van der Waals surface area (Å²) in [6, 6.07) is 13.6. The number of aromatic amines is 1. The molecular formula is C20H20N2O5. The number of aromatic nitrogens is 1. The van der Waals surface area contributed by atoms with E-state index >= 15 is 0 Å². The number of ether oxygens (including phenoxy) is 2. The molecule has 0 saturated heterocycles. The van der Waals surface area contributed by atoms with Crippen LogP contribution in [0.1, 0.15) is 11.1 Å². The summed E-state index contributed by atoms with van der Waals surface area (Å²) in [5.74, 6) is -0.468. The number of hydrogen-bond donors (Lipinski definition) is 3. The van der Waals surface area contributed by atoms with Crippen LogP contribution < -0.4 is 10.1 Å². The molecule has 0 saturated carbocycles. The van der Waals surface area contributed by atoms with Gasteiger partial charge >= 0.3 is 12.1 Å². The van der Waals surface area contributed by atoms with E-state index in [0.717, 1.165) is 22.0 Å². The molecule has 0 aliphatic rings. The molecule has 0 radical (unpaired) electrons. The molecule has 7 heteroatoms. The Labute approximate surface area is 155 Å². The number of carbonyl (C=O) groups excluding carboxylic acids is 1. The Morgan fingerprint density at radius 1 is 1.15 bits per heavy atom. The van der Waals surface area contributed by atoms with Crippen molar-refractivity contribution in [2.24, 2.45) is 0 Å². The molecule has 0 aliphatic heterocycles. The molecule has 2 aromatic carbocycles. The average molecular weight is 368 g/mol. The van der Waals surface area contributed by atoms with E-state index in [4.69, 9.17) is 9.47 Å². The van der Waals surface area contributed by atoms with Crippen LogP contribution in [0.15, 0.2) is 54.7 Å². The van der Waals surface area contributed by atoms with Crippen LogP contribution in [0.3, 0.4) is 0 Å². The van der Waals surface area contributed by atoms with Gasteiger partial charge in [-0.1, -0.05) is 42.5 Å². The number of carbonyl (C=O) groups is 2. The minimum Gasteiger partial charge on any atom is -0.495 e. The summed E-state index contributed by atoms with van der Waals surface area (Å²) in [5.41, 5.74) is 2.37. The first kappa shape index (κ1) is 18.3. The molecule has 0 bridgehead atoms. The van der Waals surface area contributed by atoms with Crippen LogP contribution in [-0.4, -0.2) is 35.3 Å². The highest BCUT2D eigenvalue weighted by atomic mass is 16.5. The zero-order valence-corrected chi connectivity index (χ0v) is 14.8. The predicted octanol–water partition coefficient (Wildman–Crippen LogP) is 3.10. The summed E-state index contributed by atoms with van der Waals surface area (Å²) in [7, 11) is 1.57. The van der Waals surface area contributed by atoms with E-state index in [2.05, 4.69) is 10.3 Å². The highest BCUT2D eigenvalue weighted by molar-refractivity contribution is 5.89. The van der Waals surface area contributed by atoms with E-state index in [1.807, 2.05) is 48.5 Å². The van der Waals surface area contributed by atoms with Crippen LogP contribution in [0, 0.1) is 0 Å². The second kappa shape index (κ2) is 8.27. The lowest BCUT2D eigenvalue weighted by Crippen LogP contribution is -2.42. The van der Waals surface area contributed by atoms with Crippen molar-refractivity contribution in [3.8, 4) is 5.75 Å². The van der Waals surface area contributed by atoms with Gasteiger partial charge in [0, 0.05) is 18.0 Å². The maximum atomic E-state index is 12.0. The molecule has 1 amide bonds. The minimum atomic E-state index is -1.14. The van der Waals surface area contributed by atoms with Crippen LogP contribution in [0.5, 0.6) is 5.75 Å². The van der Waals surface area contributed by atoms with Crippen molar-refractivity contribution in [3.63, 3.8) is 0 Å². The van der Waals surface area contributed by atoms with E-state index in [0.29, 0.717) is 5.75 Å². The summed E-state index contributed by atoms with van der Waals surface area (Å²) < 4.78 is 10.4. The largest absolute Gasteiger partial charge is 0.495 e. The molecule has 3 aromatic rings. The van der Waals surface area contributed by atoms with Crippen molar-refractivity contribution < 1.29 is 24.2 Å². The fraction of sp³-hybridized carbons (Fsp3) is 0.200. The predicted molar refractivity (Wildman–Crippen MR) is 99.7 cm³/mol. The molecule has 27 heavy (non-hydrogen) atoms. The minimum absolute atomic E-state index is 0.0727. The highest BCUT2D eigenvalue weighted by Crippen LogP contribution is 2.27. The van der Waals surface area contributed by atoms with Crippen LogP contribution >= 0.6 is 0 Å². The number of methoxy groups -OCH3 is 1. The lowest BCUT2D eigenvalue weighted by Gasteiger charge is -2.14. The second-order valence-electron chi connectivity index (χ2n) is 6.00. The van der Waals surface area contributed by atoms with Gasteiger partial charge in [0.05, 0.1) is 12.6 Å². The maximum absolute atomic E-state index is 12.0. The van der Waals surface area contributed by atoms with Crippen molar-refractivity contribution >= 4 is 23.0 Å². The zero-order chi connectivity index (χ0) is 19.2. The first-order valence-corrected chi connectivity index (χ1v) is 8.41. The van der Waals surface area contributed by atoms with Gasteiger partial charge in [0.15, 0.2) is 0 Å². The fourth-order valence-corrected chi connectivity index (χ4v) is 2.85. The lowest BCUT2D eigenvalue weighted by atomic mass is 10.0. The van der Waals surface area contributed by atoms with E-state index < -0.39 is 18.1 Å². The molecule has 0 fully saturated rings. The van der Waals surface area contributed by atoms with Crippen LogP contribution in [0.4, 0.5) is 4.79 Å². The smallest absolute Gasteiger partial charge is 0.408 e. The number of nitrogens with one attached hydrogen (secondary N) is 2. The number of carboxylic acids is 1. The van der Waals surface area contributed by atoms with Crippen molar-refractivity contribution in [1.82, 2.24) is 10.3 Å². The Balaban J connectivity index is 1.67. The molecule has 3 N–H and O–H groups in total. The van der Waals surface area contributed by atoms with Gasteiger partial charge in [-0.2, -0.15) is 0 Å². The second-order valence-corrected chi connectivity index (χ2v) is 6.00. The topological polar surface area (TPSA) is 101 Å². The monoisotopic (exact) mass is 368 g/mol. The molecule has 0 aliphatic carbocycles. The number of H-pyrrole nitrogens is 1. The number of aliphatic carboxylic acids is 1. The summed E-state index contributed by atoms with van der Waals surface area (Å²) in [5, 5.41) is 12.7. The Morgan fingerprint density at radius 2 is 1.93 bits per heavy atom. The first-order valence-electron chi connectivity index (χ1n) is 8.41. The Bertz CT molecular complexity index is 936. The summed E-state index contributed by atoms with van der Waals surface area (Å²) in [6.07, 6.45) is 1.06. The number of fused-ring (bicyclic) bond motifs is 1. The third kappa shape index (κ3) is 4.38. The number of para-hydroxylation sites is 1. The van der Waals surface area contributed by atoms with E-state index in [9.17, 15) is 14.7 Å². The first-order chi connectivity index (χ1) is 13.1. The fourth-order valence-electron chi connectivity index (χ4n) is 2.85. The number of alkyl carbamates (subject to hydrolysis) is 1. The van der Waals surface area contributed by atoms with Gasteiger partial charge in [-0.15, -0.1) is 0 Å². The maximum Gasteiger partial charge on any atom is 0.408 e. The van der Waals surface area contributed by atoms with E-state index in [1.165, 1.54) is 0 Å². The van der Waals surface area contributed by atoms with E-state index in [-0.39, 0.29) is 13.0 Å². The van der Waals surface area contributed by atoms with Crippen molar-refractivity contribution in [3.05, 3.63) is 65.9 Å². The number of hydrogen-bond acceptors (Lipinski definition) is 4. The van der Waals surface area contributed by atoms with Crippen LogP contribution in [0.2, 0.25) is 0 Å². The Morgan fingerprint density at radius 3 is 2.63 bits per heavy atom. The average Bonchev–Trinajstić information content (AvgIpc) is 3.09. The highest BCUT2D eigenvalue weighted by Gasteiger charge is 2.23. The SMILES string of the molecule is COc1cccc2c(C[C@@H](NC(=O)OCc3ccccc3)C(=O)O)c[nH]c12. The van der Waals surface area contributed by atoms with Gasteiger partial charge < -0.3 is 24.9 Å². The number of benzene rings is 2. The third-order valence-electron chi connectivity index (χ3n) is 4.21. The van der Waals surface area contributed by atoms with Crippen LogP contribution in [0.25, 0.3) is 10.9 Å². The molecule has 0 unspecified atom stereocenters. The van der Waals surface area contributed by atoms with Crippen LogP contribution in [-0.2, 0) is 22.6 Å². The summed E-state index contributed by atoms with van der Waals surface area (Å²) >= 11 is 0. The van der Waals surface area contributed by atoms with Gasteiger partial charge in [0.25, 0.3) is 0 Å². The Hall–Kier alpha value is -3.48. The molecule has 1 atom stereocenters. The van der Waals surface area contributed by atoms with Gasteiger partial charge in [-0.05, 0) is 17.2 Å². The number of carboxylic acid groups (broad SMARTS) is 1. The zero-order valence-electron chi connectivity index (χ0n) is 14.8. The normalized spacial score (nSPS) is 11.7. The Kier molecular flexibility index (Phi) is 5.61. The molecule has 7 nitrogen and oxygen atoms in total. The van der Waals surface area contributed by atoms with Gasteiger partial charge in [-0.25, -0.2) is 9.59 Å². The van der Waals surface area contributed by atoms with E-state index in [1.54, 1.807) is 13.3 Å². The van der Waals surface area contributed by atoms with Crippen molar-refractivity contribution in [2.75, 3.05) is 7.11 Å². The summed E-state index contributed by atoms with van der Waals surface area (Å²) in [4.78, 5) is 26.7. The molecule has 3 rings (SSSR count). The molecule has 1 aromatic heterocycles. The molecule has 140 valence electrons. The number of rotatable bonds is 7. The van der Waals surface area contributed by atoms with Gasteiger partial charge in [0.2, 0.25) is 0 Å². The number of amides is 1. The lowest BCUT2D eigenvalue weighted by molar-refractivity contribution is -0.139. The quantitative estimate of drug-likeness (QED) is 0.595. The molecule has 0 spiro atoms.